The summed E-state index contributed by atoms with van der Waals surface area (Å²) in [6.45, 7) is -1.38. The summed E-state index contributed by atoms with van der Waals surface area (Å²) in [6, 6.07) is 2.06. The maximum atomic E-state index is 13.8. The van der Waals surface area contributed by atoms with Crippen molar-refractivity contribution in [3.8, 4) is 22.5 Å². The molecule has 0 radical (unpaired) electrons. The number of hydrogen-bond donors (Lipinski definition) is 7. The molecule has 0 bridgehead atoms. The number of anilines is 1. The van der Waals surface area contributed by atoms with Crippen molar-refractivity contribution in [2.24, 2.45) is 0 Å². The lowest BCUT2D eigenvalue weighted by Crippen LogP contribution is -2.58. The Balaban J connectivity index is 1.25. The van der Waals surface area contributed by atoms with E-state index in [1.54, 1.807) is 12.1 Å². The van der Waals surface area contributed by atoms with Crippen LogP contribution < -0.4 is 5.73 Å². The normalized spacial score (nSPS) is 31.3. The summed E-state index contributed by atoms with van der Waals surface area (Å²) < 4.78 is 54.9. The lowest BCUT2D eigenvalue weighted by Gasteiger charge is -2.46. The number of pyridine rings is 1. The molecule has 8 N–H and O–H groups in total. The van der Waals surface area contributed by atoms with Gasteiger partial charge in [-0.15, -0.1) is 10.2 Å². The fraction of sp³-hybridized carbons (Fsp3) is 0.444. The Bertz CT molecular complexity index is 1680. The second-order valence-electron chi connectivity index (χ2n) is 10.9. The van der Waals surface area contributed by atoms with Gasteiger partial charge in [0.25, 0.3) is 0 Å². The number of ether oxygens (including phenoxy) is 2. The average Bonchev–Trinajstić information content (AvgIpc) is 3.74. The molecule has 10 atom stereocenters. The largest absolute Gasteiger partial charge is 0.394 e. The van der Waals surface area contributed by atoms with Gasteiger partial charge in [0.1, 0.15) is 76.8 Å². The van der Waals surface area contributed by atoms with Gasteiger partial charge in [-0.3, -0.25) is 0 Å². The average molecular weight is 683 g/mol. The molecule has 6 rings (SSSR count). The number of aromatic nitrogens is 7. The number of rotatable bonds is 8. The van der Waals surface area contributed by atoms with E-state index in [9.17, 15) is 43.8 Å². The van der Waals surface area contributed by atoms with Crippen molar-refractivity contribution in [3.63, 3.8) is 0 Å². The van der Waals surface area contributed by atoms with Crippen LogP contribution in [0.1, 0.15) is 12.1 Å². The molecule has 4 unspecified atom stereocenters. The van der Waals surface area contributed by atoms with Gasteiger partial charge in [0.2, 0.25) is 0 Å². The van der Waals surface area contributed by atoms with Crippen molar-refractivity contribution in [2.45, 2.75) is 59.6 Å². The molecule has 0 saturated carbocycles. The monoisotopic (exact) mass is 682 g/mol. The summed E-state index contributed by atoms with van der Waals surface area (Å²) in [6.07, 6.45) is -4.64. The second kappa shape index (κ2) is 13.4. The van der Waals surface area contributed by atoms with Crippen molar-refractivity contribution in [1.29, 1.82) is 0 Å². The molecule has 1 aromatic carbocycles. The van der Waals surface area contributed by atoms with E-state index in [4.69, 9.17) is 15.2 Å². The van der Waals surface area contributed by atoms with Crippen LogP contribution in [0.3, 0.4) is 0 Å². The molecule has 0 spiro atoms. The van der Waals surface area contributed by atoms with Crippen molar-refractivity contribution < 1.29 is 53.3 Å². The molecule has 252 valence electrons. The minimum atomic E-state index is -1.67. The summed E-state index contributed by atoms with van der Waals surface area (Å²) in [5, 5.41) is 80.5. The van der Waals surface area contributed by atoms with Crippen LogP contribution in [-0.2, 0) is 9.47 Å². The summed E-state index contributed by atoms with van der Waals surface area (Å²) in [5.74, 6) is -4.30. The predicted molar refractivity (Wildman–Crippen MR) is 154 cm³/mol. The summed E-state index contributed by atoms with van der Waals surface area (Å²) >= 11 is 0.734. The highest BCUT2D eigenvalue weighted by atomic mass is 32.2. The molecule has 0 aliphatic carbocycles. The highest BCUT2D eigenvalue weighted by Gasteiger charge is 2.51. The molecule has 47 heavy (non-hydrogen) atoms. The van der Waals surface area contributed by atoms with Crippen molar-refractivity contribution in [2.75, 3.05) is 18.9 Å². The van der Waals surface area contributed by atoms with Gasteiger partial charge in [-0.25, -0.2) is 27.5 Å². The van der Waals surface area contributed by atoms with Gasteiger partial charge in [-0.1, -0.05) is 22.2 Å². The first-order valence-corrected chi connectivity index (χ1v) is 15.1. The molecule has 4 aromatic rings. The molecule has 5 heterocycles. The van der Waals surface area contributed by atoms with Gasteiger partial charge < -0.3 is 45.8 Å². The number of nitrogens with two attached hydrogens (primary N) is 1. The molecule has 0 amide bonds. The third-order valence-corrected chi connectivity index (χ3v) is 9.27. The lowest BCUT2D eigenvalue weighted by atomic mass is 9.97. The minimum Gasteiger partial charge on any atom is -0.394 e. The number of hydrogen-bond acceptors (Lipinski definition) is 15. The fourth-order valence-corrected chi connectivity index (χ4v) is 6.81. The zero-order chi connectivity index (χ0) is 33.6. The fourth-order valence-electron chi connectivity index (χ4n) is 5.49. The van der Waals surface area contributed by atoms with Gasteiger partial charge >= 0.3 is 0 Å². The van der Waals surface area contributed by atoms with Gasteiger partial charge in [0.05, 0.1) is 25.6 Å². The summed E-state index contributed by atoms with van der Waals surface area (Å²) in [7, 11) is 0. The molecule has 2 saturated heterocycles. The van der Waals surface area contributed by atoms with E-state index in [1.165, 1.54) is 17.1 Å². The van der Waals surface area contributed by atoms with E-state index in [0.29, 0.717) is 23.4 Å². The Kier molecular flexibility index (Phi) is 9.47. The molecule has 16 nitrogen and oxygen atoms in total. The van der Waals surface area contributed by atoms with Crippen LogP contribution in [0.25, 0.3) is 22.5 Å². The zero-order valence-electron chi connectivity index (χ0n) is 24.0. The van der Waals surface area contributed by atoms with Crippen molar-refractivity contribution in [1.82, 2.24) is 35.0 Å². The SMILES string of the molecule is Nc1ccc(-c2cn(C3C(O)[C@@H](CO)O[C@@H](S[C@@H]4OC(CO)[C@H](O)C(n5cc(-c6cc(F)c(F)c(F)c6)nn5)[C@@H]4O)[C@@H]3O)nn2)cn1. The number of nitrogens with zero attached hydrogens (tertiary/aromatic N) is 7. The lowest BCUT2D eigenvalue weighted by molar-refractivity contribution is -0.189. The standard InChI is InChI=1S/C27H29F3N8O8S/c28-12-3-11(4-13(29)19(12)30)15-7-38(36-34-15)21-23(42)17(9-40)46-27(25(21)44)47-26-24(43)20(22(41)16(8-39)45-26)37-6-14(33-35-37)10-1-2-18(31)32-5-10/h1-7,16-17,20-27,39-44H,8-9H2,(H2,31,32)/t16-,17?,20?,21?,22?,23+,24-,25+,26+,27+/m1/s1. The first-order chi connectivity index (χ1) is 22.5. The van der Waals surface area contributed by atoms with Crippen molar-refractivity contribution >= 4 is 17.6 Å². The first kappa shape index (κ1) is 33.2. The number of benzene rings is 1. The number of aliphatic hydroxyl groups is 6. The molecule has 2 fully saturated rings. The maximum Gasteiger partial charge on any atom is 0.194 e. The molecular weight excluding hydrogens is 653 g/mol. The van der Waals surface area contributed by atoms with Crippen LogP contribution in [0, 0.1) is 17.5 Å². The maximum absolute atomic E-state index is 13.8. The Labute approximate surface area is 267 Å². The highest BCUT2D eigenvalue weighted by molar-refractivity contribution is 8.00. The van der Waals surface area contributed by atoms with Crippen LogP contribution in [0.15, 0.2) is 42.9 Å². The topological polar surface area (TPSA) is 240 Å². The molecule has 2 aliphatic heterocycles. The summed E-state index contributed by atoms with van der Waals surface area (Å²) in [5.41, 5.74) is 3.65. The third kappa shape index (κ3) is 6.30. The zero-order valence-corrected chi connectivity index (χ0v) is 24.8. The highest BCUT2D eigenvalue weighted by Crippen LogP contribution is 2.42. The van der Waals surface area contributed by atoms with E-state index < -0.39 is 90.2 Å². The second-order valence-corrected chi connectivity index (χ2v) is 12.1. The van der Waals surface area contributed by atoms with E-state index in [2.05, 4.69) is 25.6 Å². The first-order valence-electron chi connectivity index (χ1n) is 14.1. The Hall–Kier alpha value is -3.73. The van der Waals surface area contributed by atoms with Crippen LogP contribution in [0.2, 0.25) is 0 Å². The minimum absolute atomic E-state index is 0.117. The number of halogens is 3. The van der Waals surface area contributed by atoms with E-state index in [-0.39, 0.29) is 17.1 Å². The Morgan fingerprint density at radius 1 is 0.745 bits per heavy atom. The quantitative estimate of drug-likeness (QED) is 0.110. The van der Waals surface area contributed by atoms with Gasteiger partial charge in [0, 0.05) is 17.3 Å². The van der Waals surface area contributed by atoms with Crippen LogP contribution in [0.4, 0.5) is 19.0 Å². The number of aliphatic hydroxyl groups excluding tert-OH is 6. The van der Waals surface area contributed by atoms with E-state index in [0.717, 1.165) is 22.6 Å². The molecular formula is C27H29F3N8O8S. The predicted octanol–water partition coefficient (Wildman–Crippen LogP) is -1.01. The van der Waals surface area contributed by atoms with Crippen LogP contribution in [-0.4, -0.2) is 126 Å². The molecule has 2 aliphatic rings. The Morgan fingerprint density at radius 3 is 1.68 bits per heavy atom. The number of nitrogen functional groups attached to an aromatic ring is 1. The molecule has 3 aromatic heterocycles. The van der Waals surface area contributed by atoms with Gasteiger partial charge in [0.15, 0.2) is 17.5 Å². The summed E-state index contributed by atoms with van der Waals surface area (Å²) in [4.78, 5) is 4.01. The van der Waals surface area contributed by atoms with Crippen molar-refractivity contribution in [3.05, 3.63) is 60.3 Å². The Morgan fingerprint density at radius 2 is 1.23 bits per heavy atom. The van der Waals surface area contributed by atoms with Gasteiger partial charge in [-0.05, 0) is 24.3 Å². The smallest absolute Gasteiger partial charge is 0.194 e. The molecule has 20 heteroatoms. The van der Waals surface area contributed by atoms with E-state index >= 15 is 0 Å². The van der Waals surface area contributed by atoms with Gasteiger partial charge in [-0.2, -0.15) is 0 Å². The van der Waals surface area contributed by atoms with E-state index in [1.807, 2.05) is 0 Å². The number of thioether (sulfide) groups is 1. The third-order valence-electron chi connectivity index (χ3n) is 7.96. The van der Waals surface area contributed by atoms with Crippen LogP contribution in [0.5, 0.6) is 0 Å². The van der Waals surface area contributed by atoms with Crippen LogP contribution >= 0.6 is 11.8 Å².